The molecule has 2 rings (SSSR count). The normalized spacial score (nSPS) is 19.5. The highest BCUT2D eigenvalue weighted by atomic mass is 16.3. The molecule has 1 aromatic rings. The van der Waals surface area contributed by atoms with Gasteiger partial charge in [-0.2, -0.15) is 0 Å². The van der Waals surface area contributed by atoms with Gasteiger partial charge < -0.3 is 10.2 Å². The van der Waals surface area contributed by atoms with Crippen LogP contribution in [0.5, 0.6) is 11.5 Å². The molecule has 2 nitrogen and oxygen atoms in total. The second-order valence-electron chi connectivity index (χ2n) is 8.76. The van der Waals surface area contributed by atoms with Crippen LogP contribution >= 0.6 is 0 Å². The van der Waals surface area contributed by atoms with Gasteiger partial charge in [-0.1, -0.05) is 81.7 Å². The number of phenols is 2. The Bertz CT molecular complexity index is 671. The average Bonchev–Trinajstić information content (AvgIpc) is 2.65. The number of hydrogen-bond acceptors (Lipinski definition) is 2. The largest absolute Gasteiger partial charge is 0.508 e. The Balaban J connectivity index is 2.03. The van der Waals surface area contributed by atoms with Crippen molar-refractivity contribution in [3.8, 4) is 11.5 Å². The van der Waals surface area contributed by atoms with E-state index in [2.05, 4.69) is 33.4 Å². The Labute approximate surface area is 172 Å². The highest BCUT2D eigenvalue weighted by Gasteiger charge is 2.30. The van der Waals surface area contributed by atoms with Gasteiger partial charge in [0.1, 0.15) is 11.5 Å². The predicted molar refractivity (Wildman–Crippen MR) is 120 cm³/mol. The third kappa shape index (κ3) is 6.15. The topological polar surface area (TPSA) is 40.5 Å². The summed E-state index contributed by atoms with van der Waals surface area (Å²) < 4.78 is 0. The van der Waals surface area contributed by atoms with Crippen molar-refractivity contribution in [1.82, 2.24) is 0 Å². The van der Waals surface area contributed by atoms with Crippen LogP contribution < -0.4 is 0 Å². The smallest absolute Gasteiger partial charge is 0.126 e. The first kappa shape index (κ1) is 22.6. The van der Waals surface area contributed by atoms with Crippen LogP contribution in [-0.4, -0.2) is 10.2 Å². The summed E-state index contributed by atoms with van der Waals surface area (Å²) in [5.74, 6) is 0.799. The molecular weight excluding hydrogens is 344 g/mol. The van der Waals surface area contributed by atoms with Crippen molar-refractivity contribution >= 4 is 0 Å². The van der Waals surface area contributed by atoms with Crippen LogP contribution in [0.1, 0.15) is 102 Å². The molecule has 0 aliphatic heterocycles. The highest BCUT2D eigenvalue weighted by Crippen LogP contribution is 2.47. The number of rotatable bonds is 11. The Hall–Kier alpha value is -1.70. The van der Waals surface area contributed by atoms with Gasteiger partial charge in [-0.05, 0) is 57.1 Å². The van der Waals surface area contributed by atoms with Crippen LogP contribution in [0.25, 0.3) is 0 Å². The zero-order valence-electron chi connectivity index (χ0n) is 18.3. The minimum atomic E-state index is 0.0183. The number of aryl methyl sites for hydroxylation is 1. The van der Waals surface area contributed by atoms with Crippen molar-refractivity contribution in [2.45, 2.75) is 97.3 Å². The Morgan fingerprint density at radius 2 is 1.68 bits per heavy atom. The van der Waals surface area contributed by atoms with Crippen molar-refractivity contribution in [3.63, 3.8) is 0 Å². The second-order valence-corrected chi connectivity index (χ2v) is 8.76. The molecule has 0 amide bonds. The number of phenolic OH excluding ortho intramolecular Hbond substituents is 2. The summed E-state index contributed by atoms with van der Waals surface area (Å²) in [5.41, 5.74) is 4.12. The molecule has 1 aliphatic rings. The van der Waals surface area contributed by atoms with Crippen molar-refractivity contribution in [2.75, 3.05) is 0 Å². The third-order valence-electron chi connectivity index (χ3n) is 6.29. The molecule has 0 heterocycles. The van der Waals surface area contributed by atoms with Crippen molar-refractivity contribution in [1.29, 1.82) is 0 Å². The Kier molecular flexibility index (Phi) is 9.15. The van der Waals surface area contributed by atoms with E-state index in [-0.39, 0.29) is 17.6 Å². The fourth-order valence-corrected chi connectivity index (χ4v) is 4.53. The molecule has 2 N–H and O–H groups in total. The SMILES string of the molecule is C=C(C)[C@@H]1CCC(C)=C[C@H]1c1c(O)ccc(CCCCCCCCCC)c1O. The summed E-state index contributed by atoms with van der Waals surface area (Å²) in [6.45, 7) is 10.6. The maximum atomic E-state index is 11.0. The molecule has 0 fully saturated rings. The van der Waals surface area contributed by atoms with E-state index >= 15 is 0 Å². The second kappa shape index (κ2) is 11.3. The van der Waals surface area contributed by atoms with Gasteiger partial charge in [-0.3, -0.25) is 0 Å². The van der Waals surface area contributed by atoms with Gasteiger partial charge in [-0.25, -0.2) is 0 Å². The number of hydrogen-bond donors (Lipinski definition) is 2. The molecule has 156 valence electrons. The van der Waals surface area contributed by atoms with Crippen molar-refractivity contribution < 1.29 is 10.2 Å². The summed E-state index contributed by atoms with van der Waals surface area (Å²) in [6.07, 6.45) is 15.4. The maximum Gasteiger partial charge on any atom is 0.126 e. The van der Waals surface area contributed by atoms with E-state index in [4.69, 9.17) is 0 Å². The number of aromatic hydroxyl groups is 2. The molecule has 0 unspecified atom stereocenters. The first-order chi connectivity index (χ1) is 13.5. The van der Waals surface area contributed by atoms with E-state index in [9.17, 15) is 10.2 Å². The van der Waals surface area contributed by atoms with Crippen LogP contribution in [0.4, 0.5) is 0 Å². The summed E-state index contributed by atoms with van der Waals surface area (Å²) in [5, 5.41) is 21.5. The highest BCUT2D eigenvalue weighted by molar-refractivity contribution is 5.53. The summed E-state index contributed by atoms with van der Waals surface area (Å²) in [7, 11) is 0. The first-order valence-corrected chi connectivity index (χ1v) is 11.3. The van der Waals surface area contributed by atoms with E-state index in [0.29, 0.717) is 11.3 Å². The third-order valence-corrected chi connectivity index (χ3v) is 6.29. The van der Waals surface area contributed by atoms with E-state index < -0.39 is 0 Å². The molecular formula is C26H40O2. The lowest BCUT2D eigenvalue weighted by Crippen LogP contribution is -2.17. The van der Waals surface area contributed by atoms with Crippen LogP contribution in [0.2, 0.25) is 0 Å². The molecule has 1 aromatic carbocycles. The zero-order valence-corrected chi connectivity index (χ0v) is 18.3. The van der Waals surface area contributed by atoms with Crippen LogP contribution in [0, 0.1) is 5.92 Å². The molecule has 0 saturated carbocycles. The number of allylic oxidation sites excluding steroid dienone is 3. The monoisotopic (exact) mass is 384 g/mol. The molecule has 0 aromatic heterocycles. The maximum absolute atomic E-state index is 11.0. The fourth-order valence-electron chi connectivity index (χ4n) is 4.53. The lowest BCUT2D eigenvalue weighted by atomic mass is 9.73. The van der Waals surface area contributed by atoms with Gasteiger partial charge in [0.15, 0.2) is 0 Å². The van der Waals surface area contributed by atoms with Gasteiger partial charge in [0.05, 0.1) is 0 Å². The molecule has 0 bridgehead atoms. The van der Waals surface area contributed by atoms with E-state index in [1.165, 1.54) is 50.5 Å². The first-order valence-electron chi connectivity index (χ1n) is 11.3. The van der Waals surface area contributed by atoms with E-state index in [1.54, 1.807) is 6.07 Å². The minimum absolute atomic E-state index is 0.0183. The molecule has 0 spiro atoms. The molecule has 0 saturated heterocycles. The average molecular weight is 385 g/mol. The lowest BCUT2D eigenvalue weighted by molar-refractivity contribution is 0.403. The molecule has 2 atom stereocenters. The van der Waals surface area contributed by atoms with Gasteiger partial charge in [0.25, 0.3) is 0 Å². The Morgan fingerprint density at radius 3 is 2.32 bits per heavy atom. The zero-order chi connectivity index (χ0) is 20.5. The number of benzene rings is 1. The van der Waals surface area contributed by atoms with E-state index in [0.717, 1.165) is 36.8 Å². The lowest BCUT2D eigenvalue weighted by Gasteiger charge is -2.31. The molecule has 1 aliphatic carbocycles. The predicted octanol–water partition coefficient (Wildman–Crippen LogP) is 7.80. The summed E-state index contributed by atoms with van der Waals surface area (Å²) >= 11 is 0. The molecule has 2 heteroatoms. The summed E-state index contributed by atoms with van der Waals surface area (Å²) in [4.78, 5) is 0. The van der Waals surface area contributed by atoms with Gasteiger partial charge in [0.2, 0.25) is 0 Å². The quantitative estimate of drug-likeness (QED) is 0.302. The standard InChI is InChI=1S/C26H40O2/c1-5-6-7-8-9-10-11-12-13-21-15-17-24(27)25(26(21)28)23-18-20(4)14-16-22(23)19(2)3/h15,17-18,22-23,27-28H,2,5-14,16H2,1,3-4H3/t22-,23+/m0/s1. The van der Waals surface area contributed by atoms with Crippen LogP contribution in [0.3, 0.4) is 0 Å². The Morgan fingerprint density at radius 1 is 1.04 bits per heavy atom. The van der Waals surface area contributed by atoms with E-state index in [1.807, 2.05) is 6.07 Å². The minimum Gasteiger partial charge on any atom is -0.508 e. The van der Waals surface area contributed by atoms with Gasteiger partial charge in [0, 0.05) is 11.5 Å². The number of unbranched alkanes of at least 4 members (excludes halogenated alkanes) is 7. The van der Waals surface area contributed by atoms with Crippen LogP contribution in [0.15, 0.2) is 35.9 Å². The summed E-state index contributed by atoms with van der Waals surface area (Å²) in [6, 6.07) is 3.66. The van der Waals surface area contributed by atoms with Crippen molar-refractivity contribution in [2.24, 2.45) is 5.92 Å². The van der Waals surface area contributed by atoms with Crippen LogP contribution in [-0.2, 0) is 6.42 Å². The van der Waals surface area contributed by atoms with Gasteiger partial charge >= 0.3 is 0 Å². The van der Waals surface area contributed by atoms with Gasteiger partial charge in [-0.15, -0.1) is 0 Å². The molecule has 0 radical (unpaired) electrons. The fraction of sp³-hybridized carbons (Fsp3) is 0.615. The van der Waals surface area contributed by atoms with Crippen molar-refractivity contribution in [3.05, 3.63) is 47.1 Å². The molecule has 28 heavy (non-hydrogen) atoms.